The van der Waals surface area contributed by atoms with Crippen LogP contribution in [0.4, 0.5) is 0 Å². The van der Waals surface area contributed by atoms with Crippen LogP contribution in [0, 0.1) is 5.92 Å². The zero-order chi connectivity index (χ0) is 12.1. The first kappa shape index (κ1) is 13.5. The van der Waals surface area contributed by atoms with E-state index in [-0.39, 0.29) is 6.04 Å². The molecule has 1 N–H and O–H groups in total. The van der Waals surface area contributed by atoms with Gasteiger partial charge in [-0.1, -0.05) is 52.0 Å². The van der Waals surface area contributed by atoms with E-state index in [9.17, 15) is 0 Å². The summed E-state index contributed by atoms with van der Waals surface area (Å²) >= 11 is 5.83. The van der Waals surface area contributed by atoms with Gasteiger partial charge in [0.15, 0.2) is 0 Å². The summed E-state index contributed by atoms with van der Waals surface area (Å²) in [6.07, 6.45) is 1.06. The van der Waals surface area contributed by atoms with Crippen LogP contribution in [-0.4, -0.2) is 0 Å². The van der Waals surface area contributed by atoms with Gasteiger partial charge in [0.2, 0.25) is 0 Å². The van der Waals surface area contributed by atoms with E-state index in [1.54, 1.807) is 0 Å². The van der Waals surface area contributed by atoms with Gasteiger partial charge in [-0.15, -0.1) is 0 Å². The van der Waals surface area contributed by atoms with Gasteiger partial charge in [-0.05, 0) is 41.2 Å². The third-order valence-electron chi connectivity index (χ3n) is 2.82. The van der Waals surface area contributed by atoms with E-state index in [0.29, 0.717) is 11.8 Å². The van der Waals surface area contributed by atoms with E-state index in [1.807, 2.05) is 0 Å². The third-order valence-corrected chi connectivity index (χ3v) is 3.08. The van der Waals surface area contributed by atoms with Crippen LogP contribution in [0.2, 0.25) is 0 Å². The Hall–Kier alpha value is -0.530. The monoisotopic (exact) mass is 239 g/mol. The Bertz CT molecular complexity index is 320. The molecule has 1 unspecified atom stereocenters. The maximum Gasteiger partial charge on any atom is 0.0472 e. The molecule has 0 aliphatic carbocycles. The molecule has 0 aliphatic heterocycles. The minimum Gasteiger partial charge on any atom is -0.226 e. The van der Waals surface area contributed by atoms with Crippen molar-refractivity contribution in [3.05, 3.63) is 35.4 Å². The second kappa shape index (κ2) is 6.27. The van der Waals surface area contributed by atoms with E-state index in [4.69, 9.17) is 11.8 Å². The van der Waals surface area contributed by atoms with Gasteiger partial charge in [0, 0.05) is 6.04 Å². The Morgan fingerprint density at radius 2 is 1.75 bits per heavy atom. The summed E-state index contributed by atoms with van der Waals surface area (Å²) < 4.78 is 0. The highest BCUT2D eigenvalue weighted by molar-refractivity contribution is 6.13. The number of hydrogen-bond acceptors (Lipinski definition) is 1. The highest BCUT2D eigenvalue weighted by Gasteiger charge is 2.12. The fraction of sp³-hybridized carbons (Fsp3) is 0.571. The molecule has 0 heterocycles. The summed E-state index contributed by atoms with van der Waals surface area (Å²) in [5.74, 6) is 1.20. The van der Waals surface area contributed by atoms with E-state index < -0.39 is 0 Å². The fourth-order valence-corrected chi connectivity index (χ4v) is 2.06. The molecule has 0 amide bonds. The first-order valence-corrected chi connectivity index (χ1v) is 6.38. The minimum absolute atomic E-state index is 0.250. The molecule has 1 atom stereocenters. The maximum absolute atomic E-state index is 5.83. The molecular weight excluding hydrogens is 218 g/mol. The van der Waals surface area contributed by atoms with E-state index in [2.05, 4.69) is 56.8 Å². The van der Waals surface area contributed by atoms with Crippen LogP contribution in [0.1, 0.15) is 57.2 Å². The Morgan fingerprint density at radius 3 is 2.25 bits per heavy atom. The molecule has 0 spiro atoms. The average molecular weight is 240 g/mol. The molecule has 0 fully saturated rings. The van der Waals surface area contributed by atoms with Gasteiger partial charge in [0.05, 0.1) is 0 Å². The number of halogens is 1. The quantitative estimate of drug-likeness (QED) is 0.739. The van der Waals surface area contributed by atoms with Crippen LogP contribution >= 0.6 is 11.8 Å². The van der Waals surface area contributed by atoms with E-state index in [1.165, 1.54) is 11.1 Å². The molecule has 0 radical (unpaired) electrons. The summed E-state index contributed by atoms with van der Waals surface area (Å²) in [6.45, 7) is 8.86. The predicted octanol–water partition coefficient (Wildman–Crippen LogP) is 4.64. The molecule has 1 aromatic rings. The van der Waals surface area contributed by atoms with Gasteiger partial charge in [0.1, 0.15) is 0 Å². The molecule has 16 heavy (non-hydrogen) atoms. The van der Waals surface area contributed by atoms with Crippen LogP contribution in [-0.2, 0) is 0 Å². The Balaban J connectivity index is 2.87. The van der Waals surface area contributed by atoms with Gasteiger partial charge < -0.3 is 0 Å². The van der Waals surface area contributed by atoms with Gasteiger partial charge in [-0.2, -0.15) is 0 Å². The molecule has 1 rings (SSSR count). The number of hydrogen-bond donors (Lipinski definition) is 1. The summed E-state index contributed by atoms with van der Waals surface area (Å²) in [4.78, 5) is 2.89. The summed E-state index contributed by atoms with van der Waals surface area (Å²) in [5, 5.41) is 0. The second-order valence-corrected chi connectivity index (χ2v) is 5.33. The van der Waals surface area contributed by atoms with Crippen molar-refractivity contribution < 1.29 is 0 Å². The van der Waals surface area contributed by atoms with Crippen molar-refractivity contribution in [2.75, 3.05) is 0 Å². The van der Waals surface area contributed by atoms with Gasteiger partial charge in [-0.25, -0.2) is 4.84 Å². The summed E-state index contributed by atoms with van der Waals surface area (Å²) in [6, 6.07) is 8.95. The topological polar surface area (TPSA) is 12.0 Å². The van der Waals surface area contributed by atoms with Crippen molar-refractivity contribution >= 4 is 11.8 Å². The fourth-order valence-electron chi connectivity index (χ4n) is 1.85. The molecule has 0 aromatic heterocycles. The van der Waals surface area contributed by atoms with Crippen molar-refractivity contribution in [2.24, 2.45) is 5.92 Å². The number of nitrogens with one attached hydrogen (secondary N) is 1. The molecule has 90 valence electrons. The van der Waals surface area contributed by atoms with Crippen LogP contribution in [0.3, 0.4) is 0 Å². The largest absolute Gasteiger partial charge is 0.226 e. The standard InChI is InChI=1S/C14H22ClN/c1-10(2)8-14(16-15)13-7-5-6-12(9-13)11(3)4/h5-7,9-11,14,16H,8H2,1-4H3. The van der Waals surface area contributed by atoms with Crippen molar-refractivity contribution in [3.63, 3.8) is 0 Å². The van der Waals surface area contributed by atoms with Gasteiger partial charge >= 0.3 is 0 Å². The smallest absolute Gasteiger partial charge is 0.0472 e. The molecular formula is C14H22ClN. The lowest BCUT2D eigenvalue weighted by Crippen LogP contribution is -2.14. The lowest BCUT2D eigenvalue weighted by molar-refractivity contribution is 0.487. The Kier molecular flexibility index (Phi) is 5.30. The van der Waals surface area contributed by atoms with E-state index in [0.717, 1.165) is 6.42 Å². The SMILES string of the molecule is CC(C)CC(NCl)c1cccc(C(C)C)c1. The second-order valence-electron chi connectivity index (χ2n) is 5.12. The molecule has 2 heteroatoms. The van der Waals surface area contributed by atoms with Crippen LogP contribution < -0.4 is 4.84 Å². The zero-order valence-electron chi connectivity index (χ0n) is 10.6. The highest BCUT2D eigenvalue weighted by atomic mass is 35.5. The van der Waals surface area contributed by atoms with Gasteiger partial charge in [0.25, 0.3) is 0 Å². The van der Waals surface area contributed by atoms with Gasteiger partial charge in [-0.3, -0.25) is 0 Å². The van der Waals surface area contributed by atoms with Crippen molar-refractivity contribution in [1.29, 1.82) is 0 Å². The third kappa shape index (κ3) is 3.80. The molecule has 1 nitrogen and oxygen atoms in total. The zero-order valence-corrected chi connectivity index (χ0v) is 11.4. The van der Waals surface area contributed by atoms with Crippen molar-refractivity contribution in [2.45, 2.75) is 46.1 Å². The molecule has 0 aliphatic rings. The number of rotatable bonds is 5. The molecule has 0 bridgehead atoms. The lowest BCUT2D eigenvalue weighted by atomic mass is 9.94. The Labute approximate surface area is 104 Å². The molecule has 1 aromatic carbocycles. The number of benzene rings is 1. The van der Waals surface area contributed by atoms with E-state index >= 15 is 0 Å². The van der Waals surface area contributed by atoms with Crippen molar-refractivity contribution in [3.8, 4) is 0 Å². The van der Waals surface area contributed by atoms with Crippen molar-refractivity contribution in [1.82, 2.24) is 4.84 Å². The first-order valence-electron chi connectivity index (χ1n) is 6.00. The normalized spacial score (nSPS) is 13.4. The predicted molar refractivity (Wildman–Crippen MR) is 71.7 cm³/mol. The first-order chi connectivity index (χ1) is 7.54. The van der Waals surface area contributed by atoms with Crippen LogP contribution in [0.25, 0.3) is 0 Å². The minimum atomic E-state index is 0.250. The molecule has 0 saturated heterocycles. The lowest BCUT2D eigenvalue weighted by Gasteiger charge is -2.18. The summed E-state index contributed by atoms with van der Waals surface area (Å²) in [5.41, 5.74) is 2.66. The molecule has 0 saturated carbocycles. The maximum atomic E-state index is 5.83. The van der Waals surface area contributed by atoms with Crippen LogP contribution in [0.15, 0.2) is 24.3 Å². The van der Waals surface area contributed by atoms with Crippen LogP contribution in [0.5, 0.6) is 0 Å². The highest BCUT2D eigenvalue weighted by Crippen LogP contribution is 2.25. The summed E-state index contributed by atoms with van der Waals surface area (Å²) in [7, 11) is 0. The average Bonchev–Trinajstić information content (AvgIpc) is 2.25. The Morgan fingerprint density at radius 1 is 1.12 bits per heavy atom.